The number of hydrogen-bond donors (Lipinski definition) is 0. The van der Waals surface area contributed by atoms with Gasteiger partial charge in [-0.1, -0.05) is 30.3 Å². The fourth-order valence-corrected chi connectivity index (χ4v) is 5.06. The molecule has 1 aliphatic heterocycles. The Kier molecular flexibility index (Phi) is 5.10. The maximum atomic E-state index is 12.6. The number of likely N-dealkylation sites (tertiary alicyclic amines) is 1. The number of nitrogens with zero attached hydrogens (tertiary/aromatic N) is 1. The smallest absolute Gasteiger partial charge is 0.289 e. The number of halogens is 1. The average Bonchev–Trinajstić information content (AvgIpc) is 3.01. The number of benzene rings is 1. The molecule has 0 radical (unpaired) electrons. The molecule has 0 N–H and O–H groups in total. The van der Waals surface area contributed by atoms with E-state index >= 15 is 0 Å². The van der Waals surface area contributed by atoms with E-state index in [2.05, 4.69) is 15.9 Å². The van der Waals surface area contributed by atoms with Gasteiger partial charge in [0.25, 0.3) is 5.91 Å². The van der Waals surface area contributed by atoms with Gasteiger partial charge in [0.05, 0.1) is 11.0 Å². The molecule has 2 heterocycles. The van der Waals surface area contributed by atoms with Gasteiger partial charge in [0, 0.05) is 13.1 Å². The van der Waals surface area contributed by atoms with Gasteiger partial charge in [-0.15, -0.1) is 0 Å². The second-order valence-electron chi connectivity index (χ2n) is 5.89. The molecule has 2 aromatic rings. The van der Waals surface area contributed by atoms with Crippen LogP contribution in [-0.2, 0) is 15.6 Å². The summed E-state index contributed by atoms with van der Waals surface area (Å²) in [6, 6.07) is 12.5. The molecule has 5 nitrogen and oxygen atoms in total. The molecular weight excluding hydrogens is 394 g/mol. The van der Waals surface area contributed by atoms with Crippen molar-refractivity contribution in [3.05, 3.63) is 58.5 Å². The normalized spacial score (nSPS) is 16.3. The van der Waals surface area contributed by atoms with Crippen molar-refractivity contribution in [1.82, 2.24) is 4.90 Å². The van der Waals surface area contributed by atoms with Crippen molar-refractivity contribution >= 4 is 31.7 Å². The number of sulfone groups is 1. The summed E-state index contributed by atoms with van der Waals surface area (Å²) in [6.45, 7) is 0.853. The molecule has 1 saturated heterocycles. The lowest BCUT2D eigenvalue weighted by Gasteiger charge is -2.31. The number of amides is 1. The molecule has 128 valence electrons. The number of carbonyl (C=O) groups is 1. The van der Waals surface area contributed by atoms with Crippen molar-refractivity contribution in [3.63, 3.8) is 0 Å². The van der Waals surface area contributed by atoms with Crippen LogP contribution in [0.3, 0.4) is 0 Å². The summed E-state index contributed by atoms with van der Waals surface area (Å²) in [5, 5.41) is -0.398. The first-order valence-electron chi connectivity index (χ1n) is 7.76. The fraction of sp³-hybridized carbons (Fsp3) is 0.353. The van der Waals surface area contributed by atoms with E-state index in [-0.39, 0.29) is 17.4 Å². The summed E-state index contributed by atoms with van der Waals surface area (Å²) in [4.78, 5) is 14.0. The minimum atomic E-state index is -3.21. The number of rotatable bonds is 4. The van der Waals surface area contributed by atoms with Gasteiger partial charge in [-0.05, 0) is 46.5 Å². The van der Waals surface area contributed by atoms with E-state index in [9.17, 15) is 13.2 Å². The topological polar surface area (TPSA) is 67.6 Å². The highest BCUT2D eigenvalue weighted by Crippen LogP contribution is 2.23. The minimum Gasteiger partial charge on any atom is -0.444 e. The molecule has 1 amide bonds. The molecule has 0 bridgehead atoms. The van der Waals surface area contributed by atoms with Gasteiger partial charge in [0.1, 0.15) is 0 Å². The van der Waals surface area contributed by atoms with Crippen molar-refractivity contribution in [2.45, 2.75) is 23.8 Å². The zero-order valence-electron chi connectivity index (χ0n) is 13.0. The van der Waals surface area contributed by atoms with Crippen molar-refractivity contribution in [1.29, 1.82) is 0 Å². The van der Waals surface area contributed by atoms with E-state index in [1.165, 1.54) is 0 Å². The molecule has 0 saturated carbocycles. The van der Waals surface area contributed by atoms with Crippen LogP contribution in [0.5, 0.6) is 0 Å². The highest BCUT2D eigenvalue weighted by atomic mass is 79.9. The van der Waals surface area contributed by atoms with Crippen LogP contribution in [0.15, 0.2) is 51.6 Å². The third kappa shape index (κ3) is 3.89. The third-order valence-corrected chi connectivity index (χ3v) is 6.88. The number of hydrogen-bond acceptors (Lipinski definition) is 4. The molecular formula is C17H18BrNO4S. The summed E-state index contributed by atoms with van der Waals surface area (Å²) in [5.74, 6) is 0.129. The summed E-state index contributed by atoms with van der Waals surface area (Å²) in [5.41, 5.74) is 0.802. The third-order valence-electron chi connectivity index (χ3n) is 4.23. The summed E-state index contributed by atoms with van der Waals surface area (Å²) < 4.78 is 30.9. The van der Waals surface area contributed by atoms with Crippen molar-refractivity contribution < 1.29 is 17.6 Å². The van der Waals surface area contributed by atoms with Crippen LogP contribution in [-0.4, -0.2) is 37.6 Å². The molecule has 1 fully saturated rings. The summed E-state index contributed by atoms with van der Waals surface area (Å²) >= 11 is 3.17. The highest BCUT2D eigenvalue weighted by molar-refractivity contribution is 9.10. The van der Waals surface area contributed by atoms with Crippen LogP contribution >= 0.6 is 15.9 Å². The van der Waals surface area contributed by atoms with Crippen molar-refractivity contribution in [3.8, 4) is 0 Å². The van der Waals surface area contributed by atoms with E-state index in [0.717, 1.165) is 5.56 Å². The van der Waals surface area contributed by atoms with Crippen LogP contribution in [0.4, 0.5) is 0 Å². The van der Waals surface area contributed by atoms with E-state index < -0.39 is 15.1 Å². The quantitative estimate of drug-likeness (QED) is 0.773. The monoisotopic (exact) mass is 411 g/mol. The highest BCUT2D eigenvalue weighted by Gasteiger charge is 2.32. The first-order valence-corrected chi connectivity index (χ1v) is 10.3. The average molecular weight is 412 g/mol. The van der Waals surface area contributed by atoms with Crippen LogP contribution in [0.1, 0.15) is 29.0 Å². The lowest BCUT2D eigenvalue weighted by molar-refractivity contribution is 0.0692. The Morgan fingerprint density at radius 2 is 1.79 bits per heavy atom. The zero-order chi connectivity index (χ0) is 17.2. The molecule has 0 aliphatic carbocycles. The van der Waals surface area contributed by atoms with Gasteiger partial charge in [-0.25, -0.2) is 8.42 Å². The number of carbonyl (C=O) groups excluding carboxylic acids is 1. The molecule has 1 aromatic heterocycles. The molecule has 0 unspecified atom stereocenters. The Bertz CT molecular complexity index is 808. The van der Waals surface area contributed by atoms with E-state index in [4.69, 9.17) is 4.42 Å². The fourth-order valence-electron chi connectivity index (χ4n) is 2.93. The predicted molar refractivity (Wildman–Crippen MR) is 94.4 cm³/mol. The van der Waals surface area contributed by atoms with Crippen molar-refractivity contribution in [2.75, 3.05) is 13.1 Å². The minimum absolute atomic E-state index is 0.0532. The van der Waals surface area contributed by atoms with Crippen LogP contribution in [0.2, 0.25) is 0 Å². The molecule has 1 aromatic carbocycles. The molecule has 3 rings (SSSR count). The van der Waals surface area contributed by atoms with Gasteiger partial charge in [-0.2, -0.15) is 0 Å². The number of furan rings is 1. The van der Waals surface area contributed by atoms with Crippen LogP contribution in [0, 0.1) is 0 Å². The molecule has 7 heteroatoms. The van der Waals surface area contributed by atoms with Crippen LogP contribution in [0.25, 0.3) is 0 Å². The Balaban J connectivity index is 1.61. The van der Waals surface area contributed by atoms with E-state index in [0.29, 0.717) is 30.6 Å². The van der Waals surface area contributed by atoms with Gasteiger partial charge in [0.15, 0.2) is 20.3 Å². The first kappa shape index (κ1) is 17.2. The van der Waals surface area contributed by atoms with Crippen molar-refractivity contribution in [2.24, 2.45) is 0 Å². The lowest BCUT2D eigenvalue weighted by Crippen LogP contribution is -2.42. The number of piperidine rings is 1. The lowest BCUT2D eigenvalue weighted by atomic mass is 10.1. The molecule has 0 spiro atoms. The first-order chi connectivity index (χ1) is 11.5. The zero-order valence-corrected chi connectivity index (χ0v) is 15.4. The summed E-state index contributed by atoms with van der Waals surface area (Å²) in [6.07, 6.45) is 0.922. The van der Waals surface area contributed by atoms with Gasteiger partial charge in [-0.3, -0.25) is 4.79 Å². The largest absolute Gasteiger partial charge is 0.444 e. The Hall–Kier alpha value is -1.60. The maximum Gasteiger partial charge on any atom is 0.289 e. The summed E-state index contributed by atoms with van der Waals surface area (Å²) in [7, 11) is -3.21. The van der Waals surface area contributed by atoms with Gasteiger partial charge >= 0.3 is 0 Å². The SMILES string of the molecule is O=C(c1ccc(Br)o1)N1CCC(S(=O)(=O)Cc2ccccc2)CC1. The second-order valence-corrected chi connectivity index (χ2v) is 8.95. The Morgan fingerprint density at radius 1 is 1.12 bits per heavy atom. The van der Waals surface area contributed by atoms with E-state index in [1.807, 2.05) is 30.3 Å². The Morgan fingerprint density at radius 3 is 2.38 bits per heavy atom. The van der Waals surface area contributed by atoms with Gasteiger partial charge in [0.2, 0.25) is 0 Å². The molecule has 24 heavy (non-hydrogen) atoms. The predicted octanol–water partition coefficient (Wildman–Crippen LogP) is 3.26. The van der Waals surface area contributed by atoms with Gasteiger partial charge < -0.3 is 9.32 Å². The second kappa shape index (κ2) is 7.11. The van der Waals surface area contributed by atoms with E-state index in [1.54, 1.807) is 17.0 Å². The Labute approximate surface area is 149 Å². The molecule has 0 atom stereocenters. The standard InChI is InChI=1S/C17H18BrNO4S/c18-16-7-6-15(23-16)17(20)19-10-8-14(9-11-19)24(21,22)12-13-4-2-1-3-5-13/h1-7,14H,8-12H2. The van der Waals surface area contributed by atoms with Crippen LogP contribution < -0.4 is 0 Å². The molecule has 1 aliphatic rings. The maximum absolute atomic E-state index is 12.6.